The van der Waals surface area contributed by atoms with Crippen molar-refractivity contribution in [2.75, 3.05) is 6.54 Å². The van der Waals surface area contributed by atoms with Gasteiger partial charge in [-0.1, -0.05) is 11.6 Å². The van der Waals surface area contributed by atoms with E-state index >= 15 is 0 Å². The molecule has 0 aromatic heterocycles. The maximum absolute atomic E-state index is 12.2. The van der Waals surface area contributed by atoms with Gasteiger partial charge in [-0.25, -0.2) is 13.1 Å². The first-order valence-corrected chi connectivity index (χ1v) is 8.27. The number of hydrogen-bond acceptors (Lipinski definition) is 3. The highest BCUT2D eigenvalue weighted by Gasteiger charge is 2.33. The third kappa shape index (κ3) is 3.24. The zero-order chi connectivity index (χ0) is 13.3. The Balaban J connectivity index is 2.21. The third-order valence-corrected chi connectivity index (χ3v) is 5.65. The molecule has 0 amide bonds. The van der Waals surface area contributed by atoms with Crippen LogP contribution in [0.5, 0.6) is 0 Å². The topological polar surface area (TPSA) is 72.2 Å². The molecule has 2 rings (SSSR count). The Bertz CT molecular complexity index is 546. The van der Waals surface area contributed by atoms with E-state index in [1.54, 1.807) is 6.07 Å². The number of nitrogens with two attached hydrogens (primary N) is 1. The van der Waals surface area contributed by atoms with E-state index in [0.29, 0.717) is 22.0 Å². The molecule has 1 unspecified atom stereocenters. The van der Waals surface area contributed by atoms with E-state index in [1.807, 2.05) is 0 Å². The van der Waals surface area contributed by atoms with Crippen LogP contribution in [0.2, 0.25) is 5.02 Å². The summed E-state index contributed by atoms with van der Waals surface area (Å²) in [5, 5.41) is 0.478. The highest BCUT2D eigenvalue weighted by Crippen LogP contribution is 2.33. The average molecular weight is 354 g/mol. The largest absolute Gasteiger partial charge is 0.329 e. The Morgan fingerprint density at radius 2 is 2.17 bits per heavy atom. The van der Waals surface area contributed by atoms with Crippen molar-refractivity contribution in [2.45, 2.75) is 23.8 Å². The summed E-state index contributed by atoms with van der Waals surface area (Å²) in [7, 11) is -3.53. The molecule has 0 bridgehead atoms. The lowest BCUT2D eigenvalue weighted by Crippen LogP contribution is -2.41. The third-order valence-electron chi connectivity index (χ3n) is 2.95. The summed E-state index contributed by atoms with van der Waals surface area (Å²) >= 11 is 9.06. The number of halogens is 2. The summed E-state index contributed by atoms with van der Waals surface area (Å²) in [5.41, 5.74) is 5.60. The lowest BCUT2D eigenvalue weighted by molar-refractivity contribution is 0.519. The molecular weight excluding hydrogens is 340 g/mol. The van der Waals surface area contributed by atoms with Crippen molar-refractivity contribution in [2.24, 2.45) is 11.7 Å². The number of sulfonamides is 1. The molecule has 0 heterocycles. The van der Waals surface area contributed by atoms with Crippen LogP contribution in [0.15, 0.2) is 27.6 Å². The van der Waals surface area contributed by atoms with E-state index in [0.717, 1.165) is 12.8 Å². The quantitative estimate of drug-likeness (QED) is 0.851. The Hall–Kier alpha value is -0.140. The number of hydrogen-bond donors (Lipinski definition) is 2. The first-order chi connectivity index (χ1) is 8.44. The molecule has 0 saturated heterocycles. The minimum Gasteiger partial charge on any atom is -0.329 e. The molecule has 1 aromatic carbocycles. The monoisotopic (exact) mass is 352 g/mol. The van der Waals surface area contributed by atoms with Crippen molar-refractivity contribution >= 4 is 37.6 Å². The molecule has 1 aliphatic rings. The molecule has 1 saturated carbocycles. The molecule has 0 radical (unpaired) electrons. The Morgan fingerprint density at radius 1 is 1.50 bits per heavy atom. The molecule has 7 heteroatoms. The minimum absolute atomic E-state index is 0.176. The van der Waals surface area contributed by atoms with Crippen LogP contribution in [0, 0.1) is 5.92 Å². The fourth-order valence-electron chi connectivity index (χ4n) is 1.75. The number of nitrogens with one attached hydrogen (secondary N) is 1. The van der Waals surface area contributed by atoms with Gasteiger partial charge in [-0.05, 0) is 52.9 Å². The molecule has 1 aromatic rings. The molecule has 1 fully saturated rings. The van der Waals surface area contributed by atoms with Crippen LogP contribution in [-0.4, -0.2) is 21.0 Å². The van der Waals surface area contributed by atoms with Gasteiger partial charge in [-0.2, -0.15) is 0 Å². The van der Waals surface area contributed by atoms with Gasteiger partial charge in [0.25, 0.3) is 0 Å². The summed E-state index contributed by atoms with van der Waals surface area (Å²) < 4.78 is 27.5. The maximum atomic E-state index is 12.2. The van der Waals surface area contributed by atoms with Crippen LogP contribution in [-0.2, 0) is 10.0 Å². The van der Waals surface area contributed by atoms with Crippen molar-refractivity contribution in [1.82, 2.24) is 4.72 Å². The number of benzene rings is 1. The van der Waals surface area contributed by atoms with Gasteiger partial charge in [0.15, 0.2) is 0 Å². The predicted octanol–water partition coefficient (Wildman–Crippen LogP) is 2.12. The van der Waals surface area contributed by atoms with Gasteiger partial charge in [-0.3, -0.25) is 0 Å². The summed E-state index contributed by atoms with van der Waals surface area (Å²) in [6.07, 6.45) is 2.07. The molecule has 100 valence electrons. The van der Waals surface area contributed by atoms with Crippen LogP contribution in [0.3, 0.4) is 0 Å². The standard InChI is InChI=1S/C11H14BrClN2O2S/c12-9-5-8(3-4-10(9)13)18(16,17)15-11(6-14)7-1-2-7/h3-5,7,11,15H,1-2,6,14H2. The summed E-state index contributed by atoms with van der Waals surface area (Å²) in [5.74, 6) is 0.375. The lowest BCUT2D eigenvalue weighted by atomic mass is 10.2. The molecule has 1 atom stereocenters. The van der Waals surface area contributed by atoms with Gasteiger partial charge in [0.1, 0.15) is 0 Å². The van der Waals surface area contributed by atoms with Crippen molar-refractivity contribution in [3.8, 4) is 0 Å². The van der Waals surface area contributed by atoms with Crippen molar-refractivity contribution < 1.29 is 8.42 Å². The zero-order valence-electron chi connectivity index (χ0n) is 9.57. The summed E-state index contributed by atoms with van der Waals surface area (Å²) in [6.45, 7) is 0.318. The van der Waals surface area contributed by atoms with E-state index in [4.69, 9.17) is 17.3 Å². The van der Waals surface area contributed by atoms with Crippen molar-refractivity contribution in [1.29, 1.82) is 0 Å². The fraction of sp³-hybridized carbons (Fsp3) is 0.455. The van der Waals surface area contributed by atoms with Crippen LogP contribution in [0.25, 0.3) is 0 Å². The Morgan fingerprint density at radius 3 is 2.67 bits per heavy atom. The smallest absolute Gasteiger partial charge is 0.240 e. The lowest BCUT2D eigenvalue weighted by Gasteiger charge is -2.16. The van der Waals surface area contributed by atoms with E-state index in [-0.39, 0.29) is 10.9 Å². The summed E-state index contributed by atoms with van der Waals surface area (Å²) in [6, 6.07) is 4.35. The SMILES string of the molecule is NCC(NS(=O)(=O)c1ccc(Cl)c(Br)c1)C1CC1. The van der Waals surface area contributed by atoms with Gasteiger partial charge < -0.3 is 5.73 Å². The van der Waals surface area contributed by atoms with Crippen LogP contribution < -0.4 is 10.5 Å². The Labute approximate surface area is 120 Å². The molecular formula is C11H14BrClN2O2S. The minimum atomic E-state index is -3.53. The second-order valence-electron chi connectivity index (χ2n) is 4.38. The van der Waals surface area contributed by atoms with Crippen molar-refractivity contribution in [3.63, 3.8) is 0 Å². The molecule has 4 nitrogen and oxygen atoms in total. The van der Waals surface area contributed by atoms with Crippen LogP contribution in [0.1, 0.15) is 12.8 Å². The molecule has 0 spiro atoms. The first-order valence-electron chi connectivity index (χ1n) is 5.61. The fourth-order valence-corrected chi connectivity index (χ4v) is 3.74. The molecule has 18 heavy (non-hydrogen) atoms. The van der Waals surface area contributed by atoms with Crippen LogP contribution >= 0.6 is 27.5 Å². The zero-order valence-corrected chi connectivity index (χ0v) is 12.7. The maximum Gasteiger partial charge on any atom is 0.240 e. The van der Waals surface area contributed by atoms with E-state index in [2.05, 4.69) is 20.7 Å². The van der Waals surface area contributed by atoms with Crippen molar-refractivity contribution in [3.05, 3.63) is 27.7 Å². The average Bonchev–Trinajstić information content (AvgIpc) is 3.13. The highest BCUT2D eigenvalue weighted by molar-refractivity contribution is 9.10. The number of rotatable bonds is 5. The second kappa shape index (κ2) is 5.46. The molecule has 0 aliphatic heterocycles. The van der Waals surface area contributed by atoms with E-state index in [9.17, 15) is 8.42 Å². The Kier molecular flexibility index (Phi) is 4.33. The van der Waals surface area contributed by atoms with Gasteiger partial charge in [0.2, 0.25) is 10.0 Å². The van der Waals surface area contributed by atoms with Gasteiger partial charge in [0, 0.05) is 17.1 Å². The van der Waals surface area contributed by atoms with Crippen LogP contribution in [0.4, 0.5) is 0 Å². The predicted molar refractivity (Wildman–Crippen MR) is 75.0 cm³/mol. The second-order valence-corrected chi connectivity index (χ2v) is 7.35. The first kappa shape index (κ1) is 14.3. The van der Waals surface area contributed by atoms with E-state index < -0.39 is 10.0 Å². The van der Waals surface area contributed by atoms with Gasteiger partial charge in [0.05, 0.1) is 9.92 Å². The van der Waals surface area contributed by atoms with E-state index in [1.165, 1.54) is 12.1 Å². The summed E-state index contributed by atoms with van der Waals surface area (Å²) in [4.78, 5) is 0.192. The molecule has 1 aliphatic carbocycles. The highest BCUT2D eigenvalue weighted by atomic mass is 79.9. The molecule has 3 N–H and O–H groups in total. The van der Waals surface area contributed by atoms with Gasteiger partial charge in [-0.15, -0.1) is 0 Å². The van der Waals surface area contributed by atoms with Gasteiger partial charge >= 0.3 is 0 Å². The normalized spacial score (nSPS) is 17.7.